The van der Waals surface area contributed by atoms with E-state index in [0.29, 0.717) is 29.3 Å². The van der Waals surface area contributed by atoms with Gasteiger partial charge >= 0.3 is 0 Å². The molecule has 0 saturated heterocycles. The van der Waals surface area contributed by atoms with Crippen LogP contribution in [-0.4, -0.2) is 19.4 Å². The van der Waals surface area contributed by atoms with Gasteiger partial charge in [0.1, 0.15) is 5.75 Å². The Balaban J connectivity index is 2.91. The molecule has 1 rings (SSSR count). The van der Waals surface area contributed by atoms with Crippen molar-refractivity contribution >= 4 is 17.4 Å². The van der Waals surface area contributed by atoms with E-state index in [0.717, 1.165) is 0 Å². The molecule has 0 aliphatic carbocycles. The van der Waals surface area contributed by atoms with E-state index < -0.39 is 0 Å². The molecule has 0 aromatic heterocycles. The summed E-state index contributed by atoms with van der Waals surface area (Å²) in [6, 6.07) is 4.95. The van der Waals surface area contributed by atoms with Crippen molar-refractivity contribution < 1.29 is 9.53 Å². The molecule has 14 heavy (non-hydrogen) atoms. The Morgan fingerprint density at radius 1 is 1.57 bits per heavy atom. The molecule has 4 heteroatoms. The summed E-state index contributed by atoms with van der Waals surface area (Å²) in [7, 11) is 1.53. The van der Waals surface area contributed by atoms with Crippen LogP contribution < -0.4 is 10.5 Å². The summed E-state index contributed by atoms with van der Waals surface area (Å²) in [6.45, 7) is 0.350. The highest BCUT2D eigenvalue weighted by atomic mass is 35.5. The first kappa shape index (κ1) is 11.0. The molecule has 76 valence electrons. The molecule has 0 unspecified atom stereocenters. The fraction of sp³-hybridized carbons (Fsp3) is 0.300. The van der Waals surface area contributed by atoms with Crippen molar-refractivity contribution in [1.82, 2.24) is 0 Å². The first-order chi connectivity index (χ1) is 6.69. The lowest BCUT2D eigenvalue weighted by Gasteiger charge is -2.04. The fourth-order valence-electron chi connectivity index (χ4n) is 1.12. The largest absolute Gasteiger partial charge is 0.495 e. The Labute approximate surface area is 87.8 Å². The highest BCUT2D eigenvalue weighted by Crippen LogP contribution is 2.25. The van der Waals surface area contributed by atoms with E-state index >= 15 is 0 Å². The summed E-state index contributed by atoms with van der Waals surface area (Å²) in [5.41, 5.74) is 5.85. The van der Waals surface area contributed by atoms with Gasteiger partial charge in [0.15, 0.2) is 5.78 Å². The summed E-state index contributed by atoms with van der Waals surface area (Å²) < 4.78 is 4.97. The van der Waals surface area contributed by atoms with Crippen LogP contribution in [0.4, 0.5) is 0 Å². The maximum Gasteiger partial charge on any atom is 0.164 e. The third-order valence-corrected chi connectivity index (χ3v) is 2.14. The number of hydrogen-bond acceptors (Lipinski definition) is 3. The Morgan fingerprint density at radius 3 is 2.79 bits per heavy atom. The molecule has 0 atom stereocenters. The molecule has 0 fully saturated rings. The van der Waals surface area contributed by atoms with Gasteiger partial charge in [0.2, 0.25) is 0 Å². The summed E-state index contributed by atoms with van der Waals surface area (Å²) in [4.78, 5) is 11.4. The molecule has 0 aliphatic heterocycles. The second kappa shape index (κ2) is 4.98. The van der Waals surface area contributed by atoms with Gasteiger partial charge in [-0.3, -0.25) is 4.79 Å². The van der Waals surface area contributed by atoms with Gasteiger partial charge in [-0.1, -0.05) is 11.6 Å². The minimum absolute atomic E-state index is 0.00273. The Hall–Kier alpha value is -1.06. The smallest absolute Gasteiger partial charge is 0.164 e. The maximum absolute atomic E-state index is 11.4. The van der Waals surface area contributed by atoms with Crippen LogP contribution in [0.3, 0.4) is 0 Å². The van der Waals surface area contributed by atoms with E-state index in [1.54, 1.807) is 18.2 Å². The predicted octanol–water partition coefficient (Wildman–Crippen LogP) is 1.88. The summed E-state index contributed by atoms with van der Waals surface area (Å²) >= 11 is 5.87. The van der Waals surface area contributed by atoms with Crippen LogP contribution in [0, 0.1) is 0 Å². The number of nitrogens with two attached hydrogens (primary N) is 1. The molecule has 1 aromatic rings. The average molecular weight is 214 g/mol. The zero-order valence-corrected chi connectivity index (χ0v) is 8.67. The number of carbonyl (C=O) groups excluding carboxylic acids is 1. The number of methoxy groups -OCH3 is 1. The zero-order valence-electron chi connectivity index (χ0n) is 7.92. The number of ketones is 1. The van der Waals surface area contributed by atoms with Crippen molar-refractivity contribution in [1.29, 1.82) is 0 Å². The second-order valence-electron chi connectivity index (χ2n) is 2.81. The third kappa shape index (κ3) is 2.47. The Kier molecular flexibility index (Phi) is 3.92. The first-order valence-electron chi connectivity index (χ1n) is 4.26. The lowest BCUT2D eigenvalue weighted by Crippen LogP contribution is -2.08. The van der Waals surface area contributed by atoms with Crippen LogP contribution >= 0.6 is 11.6 Å². The number of hydrogen-bond donors (Lipinski definition) is 1. The van der Waals surface area contributed by atoms with Crippen molar-refractivity contribution in [3.8, 4) is 5.75 Å². The zero-order chi connectivity index (χ0) is 10.6. The van der Waals surface area contributed by atoms with Crippen molar-refractivity contribution in [3.63, 3.8) is 0 Å². The van der Waals surface area contributed by atoms with Gasteiger partial charge in [0.05, 0.1) is 12.1 Å². The Bertz CT molecular complexity index is 339. The van der Waals surface area contributed by atoms with Crippen LogP contribution in [0.2, 0.25) is 5.02 Å². The molecular formula is C10H12ClNO2. The van der Waals surface area contributed by atoms with E-state index in [2.05, 4.69) is 0 Å². The molecular weight excluding hydrogens is 202 g/mol. The standard InChI is InChI=1S/C10H12ClNO2/c1-14-10-3-2-7(6-8(10)11)9(13)4-5-12/h2-3,6H,4-5,12H2,1H3. The van der Waals surface area contributed by atoms with E-state index in [4.69, 9.17) is 22.1 Å². The van der Waals surface area contributed by atoms with Gasteiger partial charge in [-0.25, -0.2) is 0 Å². The number of ether oxygens (including phenoxy) is 1. The fourth-order valence-corrected chi connectivity index (χ4v) is 1.37. The quantitative estimate of drug-likeness (QED) is 0.777. The molecule has 0 radical (unpaired) electrons. The number of rotatable bonds is 4. The highest BCUT2D eigenvalue weighted by molar-refractivity contribution is 6.32. The Morgan fingerprint density at radius 2 is 2.29 bits per heavy atom. The molecule has 1 aromatic carbocycles. The average Bonchev–Trinajstić information content (AvgIpc) is 2.18. The number of benzene rings is 1. The van der Waals surface area contributed by atoms with Crippen LogP contribution in [0.25, 0.3) is 0 Å². The van der Waals surface area contributed by atoms with E-state index in [9.17, 15) is 4.79 Å². The monoisotopic (exact) mass is 213 g/mol. The minimum Gasteiger partial charge on any atom is -0.495 e. The molecule has 0 heterocycles. The lowest BCUT2D eigenvalue weighted by molar-refractivity contribution is 0.0985. The van der Waals surface area contributed by atoms with Gasteiger partial charge in [0.25, 0.3) is 0 Å². The summed E-state index contributed by atoms with van der Waals surface area (Å²) in [5, 5.41) is 0.440. The van der Waals surface area contributed by atoms with E-state index in [-0.39, 0.29) is 5.78 Å². The van der Waals surface area contributed by atoms with Crippen LogP contribution in [0.15, 0.2) is 18.2 Å². The maximum atomic E-state index is 11.4. The van der Waals surface area contributed by atoms with Crippen molar-refractivity contribution in [2.24, 2.45) is 5.73 Å². The topological polar surface area (TPSA) is 52.3 Å². The van der Waals surface area contributed by atoms with E-state index in [1.807, 2.05) is 0 Å². The van der Waals surface area contributed by atoms with Gasteiger partial charge in [0, 0.05) is 12.0 Å². The third-order valence-electron chi connectivity index (χ3n) is 1.85. The molecule has 0 spiro atoms. The number of halogens is 1. The first-order valence-corrected chi connectivity index (χ1v) is 4.63. The predicted molar refractivity (Wildman–Crippen MR) is 56.0 cm³/mol. The molecule has 0 bridgehead atoms. The highest BCUT2D eigenvalue weighted by Gasteiger charge is 2.07. The molecule has 0 amide bonds. The molecule has 0 aliphatic rings. The molecule has 2 N–H and O–H groups in total. The van der Waals surface area contributed by atoms with Gasteiger partial charge in [-0.05, 0) is 24.7 Å². The van der Waals surface area contributed by atoms with E-state index in [1.165, 1.54) is 7.11 Å². The van der Waals surface area contributed by atoms with Gasteiger partial charge in [-0.15, -0.1) is 0 Å². The van der Waals surface area contributed by atoms with Crippen molar-refractivity contribution in [2.75, 3.05) is 13.7 Å². The van der Waals surface area contributed by atoms with Crippen LogP contribution in [-0.2, 0) is 0 Å². The van der Waals surface area contributed by atoms with Crippen molar-refractivity contribution in [2.45, 2.75) is 6.42 Å². The van der Waals surface area contributed by atoms with Crippen LogP contribution in [0.5, 0.6) is 5.75 Å². The second-order valence-corrected chi connectivity index (χ2v) is 3.22. The lowest BCUT2D eigenvalue weighted by atomic mass is 10.1. The normalized spacial score (nSPS) is 9.93. The SMILES string of the molecule is COc1ccc(C(=O)CCN)cc1Cl. The summed E-state index contributed by atoms with van der Waals surface area (Å²) in [6.07, 6.45) is 0.336. The molecule has 0 saturated carbocycles. The van der Waals surface area contributed by atoms with Crippen LogP contribution in [0.1, 0.15) is 16.8 Å². The minimum atomic E-state index is -0.00273. The van der Waals surface area contributed by atoms with Gasteiger partial charge < -0.3 is 10.5 Å². The summed E-state index contributed by atoms with van der Waals surface area (Å²) in [5.74, 6) is 0.563. The van der Waals surface area contributed by atoms with Crippen molar-refractivity contribution in [3.05, 3.63) is 28.8 Å². The number of carbonyl (C=O) groups is 1. The molecule has 3 nitrogen and oxygen atoms in total. The van der Waals surface area contributed by atoms with Gasteiger partial charge in [-0.2, -0.15) is 0 Å². The number of Topliss-reactive ketones (excluding diaryl/α,β-unsaturated/α-hetero) is 1.